The summed E-state index contributed by atoms with van der Waals surface area (Å²) < 4.78 is 5.09. The second-order valence-corrected chi connectivity index (χ2v) is 3.05. The SMILES string of the molecule is C=C(OCC)c1scnc1C(=O)O. The zero-order valence-corrected chi connectivity index (χ0v) is 7.93. The average molecular weight is 199 g/mol. The Balaban J connectivity index is 2.93. The number of ether oxygens (including phenoxy) is 1. The highest BCUT2D eigenvalue weighted by atomic mass is 32.1. The molecule has 13 heavy (non-hydrogen) atoms. The molecule has 4 nitrogen and oxygen atoms in total. The van der Waals surface area contributed by atoms with Crippen LogP contribution in [0.3, 0.4) is 0 Å². The summed E-state index contributed by atoms with van der Waals surface area (Å²) in [5, 5.41) is 8.72. The second-order valence-electron chi connectivity index (χ2n) is 2.19. The third-order valence-electron chi connectivity index (χ3n) is 1.34. The van der Waals surface area contributed by atoms with Gasteiger partial charge in [0.25, 0.3) is 0 Å². The summed E-state index contributed by atoms with van der Waals surface area (Å²) in [6, 6.07) is 0. The van der Waals surface area contributed by atoms with E-state index in [1.807, 2.05) is 6.92 Å². The molecular formula is C8H9NO3S. The Bertz CT molecular complexity index is 332. The van der Waals surface area contributed by atoms with Gasteiger partial charge in [-0.05, 0) is 6.92 Å². The quantitative estimate of drug-likeness (QED) is 0.752. The van der Waals surface area contributed by atoms with Crippen LogP contribution in [0.5, 0.6) is 0 Å². The first-order valence-corrected chi connectivity index (χ1v) is 4.53. The maximum absolute atomic E-state index is 10.6. The van der Waals surface area contributed by atoms with E-state index in [0.29, 0.717) is 17.2 Å². The van der Waals surface area contributed by atoms with Gasteiger partial charge in [0, 0.05) is 0 Å². The summed E-state index contributed by atoms with van der Waals surface area (Å²) in [5.74, 6) is -0.695. The molecule has 0 aliphatic rings. The maximum Gasteiger partial charge on any atom is 0.356 e. The van der Waals surface area contributed by atoms with Crippen LogP contribution >= 0.6 is 11.3 Å². The Morgan fingerprint density at radius 2 is 2.54 bits per heavy atom. The van der Waals surface area contributed by atoms with Crippen molar-refractivity contribution in [2.75, 3.05) is 6.61 Å². The molecule has 70 valence electrons. The second kappa shape index (κ2) is 4.04. The zero-order valence-electron chi connectivity index (χ0n) is 7.11. The summed E-state index contributed by atoms with van der Waals surface area (Å²) >= 11 is 1.21. The summed E-state index contributed by atoms with van der Waals surface area (Å²) in [5.41, 5.74) is 1.46. The van der Waals surface area contributed by atoms with Gasteiger partial charge in [-0.25, -0.2) is 9.78 Å². The van der Waals surface area contributed by atoms with E-state index in [0.717, 1.165) is 0 Å². The van der Waals surface area contributed by atoms with E-state index in [1.165, 1.54) is 16.8 Å². The molecule has 0 atom stereocenters. The van der Waals surface area contributed by atoms with Gasteiger partial charge in [0.2, 0.25) is 0 Å². The van der Waals surface area contributed by atoms with Crippen LogP contribution in [0.1, 0.15) is 22.3 Å². The fraction of sp³-hybridized carbons (Fsp3) is 0.250. The number of carboxylic acid groups (broad SMARTS) is 1. The number of hydrogen-bond acceptors (Lipinski definition) is 4. The van der Waals surface area contributed by atoms with Crippen molar-refractivity contribution in [2.45, 2.75) is 6.92 Å². The number of hydrogen-bond donors (Lipinski definition) is 1. The largest absolute Gasteiger partial charge is 0.493 e. The van der Waals surface area contributed by atoms with Gasteiger partial charge in [-0.3, -0.25) is 0 Å². The minimum atomic E-state index is -1.06. The van der Waals surface area contributed by atoms with Crippen LogP contribution in [0.15, 0.2) is 12.1 Å². The van der Waals surface area contributed by atoms with Crippen molar-refractivity contribution in [3.05, 3.63) is 22.7 Å². The number of aromatic carboxylic acids is 1. The van der Waals surface area contributed by atoms with Crippen LogP contribution in [0, 0.1) is 0 Å². The summed E-state index contributed by atoms with van der Waals surface area (Å²) in [6.45, 7) is 5.90. The number of nitrogens with zero attached hydrogens (tertiary/aromatic N) is 1. The molecule has 0 radical (unpaired) electrons. The molecule has 1 aromatic rings. The number of rotatable bonds is 4. The number of aromatic nitrogens is 1. The van der Waals surface area contributed by atoms with Crippen molar-refractivity contribution in [1.82, 2.24) is 4.98 Å². The Morgan fingerprint density at radius 1 is 1.85 bits per heavy atom. The lowest BCUT2D eigenvalue weighted by molar-refractivity contribution is 0.0690. The molecule has 0 amide bonds. The Hall–Kier alpha value is -1.36. The van der Waals surface area contributed by atoms with E-state index in [2.05, 4.69) is 11.6 Å². The third kappa shape index (κ3) is 2.06. The molecule has 0 aliphatic heterocycles. The van der Waals surface area contributed by atoms with Crippen LogP contribution in [0.2, 0.25) is 0 Å². The number of thiazole rings is 1. The van der Waals surface area contributed by atoms with Crippen LogP contribution in [0.4, 0.5) is 0 Å². The van der Waals surface area contributed by atoms with Gasteiger partial charge in [-0.15, -0.1) is 11.3 Å². The first kappa shape index (κ1) is 9.73. The van der Waals surface area contributed by atoms with Gasteiger partial charge in [-0.2, -0.15) is 0 Å². The van der Waals surface area contributed by atoms with E-state index in [9.17, 15) is 4.79 Å². The highest BCUT2D eigenvalue weighted by molar-refractivity contribution is 7.11. The van der Waals surface area contributed by atoms with Crippen molar-refractivity contribution in [3.8, 4) is 0 Å². The predicted molar refractivity (Wildman–Crippen MR) is 49.7 cm³/mol. The summed E-state index contributed by atoms with van der Waals surface area (Å²) in [7, 11) is 0. The third-order valence-corrected chi connectivity index (χ3v) is 2.21. The standard InChI is InChI=1S/C8H9NO3S/c1-3-12-5(2)7-6(8(10)11)9-4-13-7/h4H,2-3H2,1H3,(H,10,11). The molecule has 1 rings (SSSR count). The smallest absolute Gasteiger partial charge is 0.356 e. The highest BCUT2D eigenvalue weighted by Gasteiger charge is 2.16. The predicted octanol–water partition coefficient (Wildman–Crippen LogP) is 1.85. The lowest BCUT2D eigenvalue weighted by atomic mass is 10.3. The number of carbonyl (C=O) groups is 1. The zero-order chi connectivity index (χ0) is 9.84. The molecule has 0 saturated heterocycles. The molecule has 1 aromatic heterocycles. The molecule has 0 bridgehead atoms. The Labute approximate surface area is 79.5 Å². The molecule has 0 saturated carbocycles. The monoisotopic (exact) mass is 199 g/mol. The van der Waals surface area contributed by atoms with Gasteiger partial charge in [0.05, 0.1) is 12.1 Å². The van der Waals surface area contributed by atoms with Crippen molar-refractivity contribution in [1.29, 1.82) is 0 Å². The Kier molecular flexibility index (Phi) is 3.02. The van der Waals surface area contributed by atoms with Gasteiger partial charge in [-0.1, -0.05) is 6.58 Å². The van der Waals surface area contributed by atoms with Crippen LogP contribution in [-0.2, 0) is 4.74 Å². The normalized spacial score (nSPS) is 9.62. The van der Waals surface area contributed by atoms with Gasteiger partial charge in [0.1, 0.15) is 10.6 Å². The molecule has 5 heteroatoms. The molecule has 1 heterocycles. The molecule has 0 aromatic carbocycles. The van der Waals surface area contributed by atoms with Gasteiger partial charge in [0.15, 0.2) is 5.69 Å². The molecular weight excluding hydrogens is 190 g/mol. The minimum absolute atomic E-state index is 0.00319. The molecule has 0 aliphatic carbocycles. The van der Waals surface area contributed by atoms with E-state index in [-0.39, 0.29) is 5.69 Å². The first-order chi connectivity index (χ1) is 6.16. The van der Waals surface area contributed by atoms with Crippen molar-refractivity contribution >= 4 is 23.1 Å². The van der Waals surface area contributed by atoms with Crippen molar-refractivity contribution in [2.24, 2.45) is 0 Å². The lowest BCUT2D eigenvalue weighted by Gasteiger charge is -2.03. The fourth-order valence-electron chi connectivity index (χ4n) is 0.836. The topological polar surface area (TPSA) is 59.4 Å². The van der Waals surface area contributed by atoms with Crippen LogP contribution in [0.25, 0.3) is 5.76 Å². The van der Waals surface area contributed by atoms with E-state index >= 15 is 0 Å². The highest BCUT2D eigenvalue weighted by Crippen LogP contribution is 2.22. The molecule has 1 N–H and O–H groups in total. The van der Waals surface area contributed by atoms with E-state index in [4.69, 9.17) is 9.84 Å². The fourth-order valence-corrected chi connectivity index (χ4v) is 1.54. The van der Waals surface area contributed by atoms with Gasteiger partial charge < -0.3 is 9.84 Å². The van der Waals surface area contributed by atoms with E-state index in [1.54, 1.807) is 0 Å². The maximum atomic E-state index is 10.6. The van der Waals surface area contributed by atoms with Crippen molar-refractivity contribution in [3.63, 3.8) is 0 Å². The van der Waals surface area contributed by atoms with Crippen LogP contribution in [-0.4, -0.2) is 22.7 Å². The number of carboxylic acids is 1. The molecule has 0 spiro atoms. The van der Waals surface area contributed by atoms with Gasteiger partial charge >= 0.3 is 5.97 Å². The molecule has 0 fully saturated rings. The van der Waals surface area contributed by atoms with E-state index < -0.39 is 5.97 Å². The molecule has 0 unspecified atom stereocenters. The van der Waals surface area contributed by atoms with Crippen LogP contribution < -0.4 is 0 Å². The lowest BCUT2D eigenvalue weighted by Crippen LogP contribution is -2.01. The minimum Gasteiger partial charge on any atom is -0.493 e. The first-order valence-electron chi connectivity index (χ1n) is 3.65. The van der Waals surface area contributed by atoms with Crippen molar-refractivity contribution < 1.29 is 14.6 Å². The average Bonchev–Trinajstić information content (AvgIpc) is 2.52. The Morgan fingerprint density at radius 3 is 3.08 bits per heavy atom. The summed E-state index contributed by atoms with van der Waals surface area (Å²) in [4.78, 5) is 14.8. The summed E-state index contributed by atoms with van der Waals surface area (Å²) in [6.07, 6.45) is 0.